The van der Waals surface area contributed by atoms with Gasteiger partial charge in [-0.3, -0.25) is 0 Å². The maximum Gasteiger partial charge on any atom is 0 e. The van der Waals surface area contributed by atoms with Crippen LogP contribution >= 0.6 is 0 Å². The Hall–Kier alpha value is -2.59. The van der Waals surface area contributed by atoms with Gasteiger partial charge in [-0.05, 0) is 22.3 Å². The van der Waals surface area contributed by atoms with Gasteiger partial charge in [0.25, 0.3) is 0 Å². The monoisotopic (exact) mass is 360 g/mol. The summed E-state index contributed by atoms with van der Waals surface area (Å²) >= 11 is 0. The summed E-state index contributed by atoms with van der Waals surface area (Å²) in [5, 5.41) is 0. The molecule has 122 valence electrons. The van der Waals surface area contributed by atoms with Gasteiger partial charge in [-0.25, -0.2) is 0 Å². The predicted molar refractivity (Wildman–Crippen MR) is 104 cm³/mol. The van der Waals surface area contributed by atoms with Gasteiger partial charge in [-0.1, -0.05) is 121 Å². The van der Waals surface area contributed by atoms with E-state index in [0.29, 0.717) is 0 Å². The van der Waals surface area contributed by atoms with Crippen molar-refractivity contribution in [2.75, 3.05) is 0 Å². The Kier molecular flexibility index (Phi) is 7.73. The summed E-state index contributed by atoms with van der Waals surface area (Å²) in [5.41, 5.74) is 5.10. The van der Waals surface area contributed by atoms with Gasteiger partial charge in [0.05, 0.1) is 0 Å². The van der Waals surface area contributed by atoms with Crippen LogP contribution in [0.3, 0.4) is 0 Å². The van der Waals surface area contributed by atoms with Crippen molar-refractivity contribution in [1.82, 2.24) is 0 Å². The molecular weight excluding hydrogens is 340 g/mol. The minimum Gasteiger partial charge on any atom is -0.0622 e. The number of benzene rings is 4. The van der Waals surface area contributed by atoms with E-state index in [2.05, 4.69) is 97.1 Å². The van der Waals surface area contributed by atoms with Gasteiger partial charge in [0.15, 0.2) is 0 Å². The Labute approximate surface area is 160 Å². The molecule has 0 spiro atoms. The number of hydrogen-bond donors (Lipinski definition) is 0. The molecule has 0 N–H and O–H groups in total. The third kappa shape index (κ3) is 5.76. The average molecular weight is 360 g/mol. The Morgan fingerprint density at radius 1 is 0.240 bits per heavy atom. The molecule has 0 saturated carbocycles. The van der Waals surface area contributed by atoms with E-state index >= 15 is 0 Å². The van der Waals surface area contributed by atoms with Crippen LogP contribution in [-0.4, -0.2) is 0 Å². The normalized spacial score (nSPS) is 9.28. The van der Waals surface area contributed by atoms with Crippen LogP contribution in [0.5, 0.6) is 0 Å². The topological polar surface area (TPSA) is 0 Å². The SMILES string of the molecule is [Cr].c1ccc(-c2ccccc2)cc1.c1ccc(-c2ccccc2)cc1. The van der Waals surface area contributed by atoms with E-state index in [0.717, 1.165) is 0 Å². The van der Waals surface area contributed by atoms with Gasteiger partial charge < -0.3 is 0 Å². The van der Waals surface area contributed by atoms with Crippen molar-refractivity contribution in [3.8, 4) is 22.3 Å². The fourth-order valence-corrected chi connectivity index (χ4v) is 2.52. The summed E-state index contributed by atoms with van der Waals surface area (Å²) in [4.78, 5) is 0. The van der Waals surface area contributed by atoms with Gasteiger partial charge in [0.2, 0.25) is 0 Å². The largest absolute Gasteiger partial charge is 0.0622 e. The van der Waals surface area contributed by atoms with Crippen molar-refractivity contribution < 1.29 is 17.4 Å². The van der Waals surface area contributed by atoms with Crippen LogP contribution in [0.15, 0.2) is 121 Å². The first-order chi connectivity index (χ1) is 11.9. The molecule has 0 amide bonds. The number of rotatable bonds is 2. The maximum absolute atomic E-state index is 2.12. The van der Waals surface area contributed by atoms with Crippen molar-refractivity contribution in [2.24, 2.45) is 0 Å². The second-order valence-electron chi connectivity index (χ2n) is 5.46. The van der Waals surface area contributed by atoms with E-state index in [1.807, 2.05) is 24.3 Å². The fourth-order valence-electron chi connectivity index (χ4n) is 2.52. The van der Waals surface area contributed by atoms with Crippen LogP contribution in [0.25, 0.3) is 22.3 Å². The standard InChI is InChI=1S/2C12H10.Cr/c2*1-3-7-11(8-4-1)12-9-5-2-6-10-12;/h2*1-10H;. The molecule has 0 bridgehead atoms. The molecule has 0 aliphatic rings. The smallest absolute Gasteiger partial charge is 0 e. The quantitative estimate of drug-likeness (QED) is 0.373. The zero-order valence-electron chi connectivity index (χ0n) is 14.0. The molecule has 1 heteroatoms. The molecule has 0 fully saturated rings. The fraction of sp³-hybridized carbons (Fsp3) is 0. The van der Waals surface area contributed by atoms with E-state index in [1.165, 1.54) is 22.3 Å². The van der Waals surface area contributed by atoms with E-state index in [9.17, 15) is 0 Å². The number of hydrogen-bond acceptors (Lipinski definition) is 0. The molecule has 0 aromatic heterocycles. The Balaban J connectivity index is 0.000000173. The van der Waals surface area contributed by atoms with Crippen LogP contribution in [0.1, 0.15) is 0 Å². The van der Waals surface area contributed by atoms with Crippen molar-refractivity contribution in [2.45, 2.75) is 0 Å². The van der Waals surface area contributed by atoms with E-state index in [-0.39, 0.29) is 17.4 Å². The molecule has 0 nitrogen and oxygen atoms in total. The van der Waals surface area contributed by atoms with Crippen molar-refractivity contribution in [3.05, 3.63) is 121 Å². The van der Waals surface area contributed by atoms with Crippen LogP contribution in [0.4, 0.5) is 0 Å². The summed E-state index contributed by atoms with van der Waals surface area (Å²) < 4.78 is 0. The second kappa shape index (κ2) is 10.3. The van der Waals surface area contributed by atoms with E-state index < -0.39 is 0 Å². The molecule has 0 aliphatic carbocycles. The van der Waals surface area contributed by atoms with Gasteiger partial charge in [0, 0.05) is 17.4 Å². The Bertz CT molecular complexity index is 676. The molecule has 4 aromatic rings. The minimum absolute atomic E-state index is 0. The molecular formula is C24H20Cr. The molecule has 0 saturated heterocycles. The molecule has 4 aromatic carbocycles. The molecule has 0 aliphatic heterocycles. The van der Waals surface area contributed by atoms with Crippen molar-refractivity contribution >= 4 is 0 Å². The van der Waals surface area contributed by atoms with Crippen molar-refractivity contribution in [1.29, 1.82) is 0 Å². The van der Waals surface area contributed by atoms with Gasteiger partial charge >= 0.3 is 0 Å². The van der Waals surface area contributed by atoms with Crippen molar-refractivity contribution in [3.63, 3.8) is 0 Å². The molecule has 0 unspecified atom stereocenters. The van der Waals surface area contributed by atoms with Gasteiger partial charge in [0.1, 0.15) is 0 Å². The van der Waals surface area contributed by atoms with Crippen LogP contribution in [-0.2, 0) is 17.4 Å². The van der Waals surface area contributed by atoms with E-state index in [1.54, 1.807) is 0 Å². The Morgan fingerprint density at radius 2 is 0.400 bits per heavy atom. The second-order valence-corrected chi connectivity index (χ2v) is 5.46. The molecule has 4 rings (SSSR count). The minimum atomic E-state index is 0. The summed E-state index contributed by atoms with van der Waals surface area (Å²) in [7, 11) is 0. The molecule has 25 heavy (non-hydrogen) atoms. The zero-order valence-corrected chi connectivity index (χ0v) is 15.2. The van der Waals surface area contributed by atoms with Gasteiger partial charge in [-0.15, -0.1) is 0 Å². The third-order valence-electron chi connectivity index (χ3n) is 3.76. The Morgan fingerprint density at radius 3 is 0.560 bits per heavy atom. The zero-order chi connectivity index (χ0) is 16.5. The summed E-state index contributed by atoms with van der Waals surface area (Å²) in [5.74, 6) is 0. The first kappa shape index (κ1) is 18.7. The first-order valence-corrected chi connectivity index (χ1v) is 8.14. The third-order valence-corrected chi connectivity index (χ3v) is 3.76. The molecule has 0 radical (unpaired) electrons. The summed E-state index contributed by atoms with van der Waals surface area (Å²) in [6.45, 7) is 0. The predicted octanol–water partition coefficient (Wildman–Crippen LogP) is 6.70. The van der Waals surface area contributed by atoms with Crippen LogP contribution < -0.4 is 0 Å². The summed E-state index contributed by atoms with van der Waals surface area (Å²) in [6, 6.07) is 41.6. The molecule has 0 atom stereocenters. The average Bonchev–Trinajstić information content (AvgIpc) is 2.71. The first-order valence-electron chi connectivity index (χ1n) is 8.14. The van der Waals surface area contributed by atoms with Crippen LogP contribution in [0, 0.1) is 0 Å². The van der Waals surface area contributed by atoms with E-state index in [4.69, 9.17) is 0 Å². The van der Waals surface area contributed by atoms with Crippen LogP contribution in [0.2, 0.25) is 0 Å². The molecule has 0 heterocycles. The van der Waals surface area contributed by atoms with Gasteiger partial charge in [-0.2, -0.15) is 0 Å². The maximum atomic E-state index is 2.12. The summed E-state index contributed by atoms with van der Waals surface area (Å²) in [6.07, 6.45) is 0.